The quantitative estimate of drug-likeness (QED) is 0.744. The Balaban J connectivity index is 4.12. The third-order valence-corrected chi connectivity index (χ3v) is 2.00. The summed E-state index contributed by atoms with van der Waals surface area (Å²) >= 11 is 0. The van der Waals surface area contributed by atoms with Crippen LogP contribution in [0.1, 0.15) is 20.3 Å². The summed E-state index contributed by atoms with van der Waals surface area (Å²) in [5.74, 6) is 0. The van der Waals surface area contributed by atoms with Crippen molar-refractivity contribution in [1.82, 2.24) is 0 Å². The maximum absolute atomic E-state index is 11.9. The fourth-order valence-electron chi connectivity index (χ4n) is 1.63. The summed E-state index contributed by atoms with van der Waals surface area (Å²) in [7, 11) is 1.46. The molecular weight excluding hydrogens is 225 g/mol. The Hall–Kier alpha value is -0.330. The van der Waals surface area contributed by atoms with Gasteiger partial charge in [-0.25, -0.2) is 0 Å². The molecule has 0 saturated carbocycles. The minimum atomic E-state index is -4.32. The summed E-state index contributed by atoms with van der Waals surface area (Å²) in [6.45, 7) is 2.18. The van der Waals surface area contributed by atoms with Crippen LogP contribution in [0.5, 0.6) is 0 Å². The van der Waals surface area contributed by atoms with Gasteiger partial charge in [-0.2, -0.15) is 13.2 Å². The molecular formula is C10H19F3O3. The summed E-state index contributed by atoms with van der Waals surface area (Å²) in [4.78, 5) is 0. The molecule has 0 heterocycles. The molecule has 0 aromatic rings. The number of ether oxygens (including phenoxy) is 2. The topological polar surface area (TPSA) is 38.7 Å². The summed E-state index contributed by atoms with van der Waals surface area (Å²) in [6.07, 6.45) is -4.59. The molecule has 0 fully saturated rings. The third-order valence-electron chi connectivity index (χ3n) is 2.00. The lowest BCUT2D eigenvalue weighted by molar-refractivity contribution is -0.183. The molecule has 0 aromatic carbocycles. The van der Waals surface area contributed by atoms with Crippen molar-refractivity contribution in [2.45, 2.75) is 32.5 Å². The number of methoxy groups -OCH3 is 1. The van der Waals surface area contributed by atoms with Crippen LogP contribution in [0.4, 0.5) is 13.2 Å². The molecule has 1 N–H and O–H groups in total. The standard InChI is InChI=1S/C10H19F3O3/c1-8(14)4-9(2,5-15-3)6-16-7-10(11,12)13/h8,14H,4-7H2,1-3H3. The maximum Gasteiger partial charge on any atom is 0.411 e. The highest BCUT2D eigenvalue weighted by molar-refractivity contribution is 4.76. The van der Waals surface area contributed by atoms with Gasteiger partial charge in [0.1, 0.15) is 6.61 Å². The first-order valence-corrected chi connectivity index (χ1v) is 5.00. The second-order valence-corrected chi connectivity index (χ2v) is 4.40. The van der Waals surface area contributed by atoms with E-state index in [1.165, 1.54) is 7.11 Å². The number of aliphatic hydroxyl groups excluding tert-OH is 1. The van der Waals surface area contributed by atoms with Crippen LogP contribution < -0.4 is 0 Å². The van der Waals surface area contributed by atoms with E-state index >= 15 is 0 Å². The molecule has 0 aliphatic heterocycles. The van der Waals surface area contributed by atoms with Crippen LogP contribution in [0, 0.1) is 5.41 Å². The van der Waals surface area contributed by atoms with E-state index in [9.17, 15) is 18.3 Å². The van der Waals surface area contributed by atoms with Crippen LogP contribution in [0.3, 0.4) is 0 Å². The number of hydrogen-bond donors (Lipinski definition) is 1. The first-order valence-electron chi connectivity index (χ1n) is 5.00. The van der Waals surface area contributed by atoms with Crippen LogP contribution in [0.2, 0.25) is 0 Å². The Labute approximate surface area is 93.5 Å². The van der Waals surface area contributed by atoms with Gasteiger partial charge in [-0.1, -0.05) is 6.92 Å². The zero-order chi connectivity index (χ0) is 12.8. The van der Waals surface area contributed by atoms with E-state index in [4.69, 9.17) is 4.74 Å². The average molecular weight is 244 g/mol. The fourth-order valence-corrected chi connectivity index (χ4v) is 1.63. The van der Waals surface area contributed by atoms with Crippen LogP contribution in [-0.4, -0.2) is 44.3 Å². The van der Waals surface area contributed by atoms with Gasteiger partial charge in [0.2, 0.25) is 0 Å². The van der Waals surface area contributed by atoms with Gasteiger partial charge in [-0.15, -0.1) is 0 Å². The Morgan fingerprint density at radius 2 is 1.75 bits per heavy atom. The first kappa shape index (κ1) is 15.7. The molecule has 0 aliphatic carbocycles. The molecule has 16 heavy (non-hydrogen) atoms. The second kappa shape index (κ2) is 6.42. The van der Waals surface area contributed by atoms with Gasteiger partial charge in [0.25, 0.3) is 0 Å². The predicted octanol–water partition coefficient (Wildman–Crippen LogP) is 1.99. The Morgan fingerprint density at radius 1 is 1.19 bits per heavy atom. The van der Waals surface area contributed by atoms with Crippen LogP contribution in [0.15, 0.2) is 0 Å². The highest BCUT2D eigenvalue weighted by atomic mass is 19.4. The number of rotatable bonds is 7. The molecule has 0 amide bonds. The molecule has 0 aromatic heterocycles. The Kier molecular flexibility index (Phi) is 6.28. The summed E-state index contributed by atoms with van der Waals surface area (Å²) < 4.78 is 45.1. The molecule has 0 spiro atoms. The van der Waals surface area contributed by atoms with Gasteiger partial charge in [0, 0.05) is 12.5 Å². The van der Waals surface area contributed by atoms with E-state index in [0.29, 0.717) is 6.42 Å². The second-order valence-electron chi connectivity index (χ2n) is 4.40. The minimum absolute atomic E-state index is 0.0920. The van der Waals surface area contributed by atoms with E-state index in [2.05, 4.69) is 4.74 Å². The van der Waals surface area contributed by atoms with Crippen molar-refractivity contribution in [3.05, 3.63) is 0 Å². The van der Waals surface area contributed by atoms with Gasteiger partial charge >= 0.3 is 6.18 Å². The van der Waals surface area contributed by atoms with Crippen LogP contribution in [0.25, 0.3) is 0 Å². The van der Waals surface area contributed by atoms with Crippen molar-refractivity contribution in [2.24, 2.45) is 5.41 Å². The van der Waals surface area contributed by atoms with E-state index in [1.807, 2.05) is 0 Å². The molecule has 2 atom stereocenters. The molecule has 6 heteroatoms. The monoisotopic (exact) mass is 244 g/mol. The number of alkyl halides is 3. The summed E-state index contributed by atoms with van der Waals surface area (Å²) in [6, 6.07) is 0. The van der Waals surface area contributed by atoms with Crippen molar-refractivity contribution in [3.63, 3.8) is 0 Å². The van der Waals surface area contributed by atoms with Crippen molar-refractivity contribution in [2.75, 3.05) is 26.9 Å². The average Bonchev–Trinajstić information content (AvgIpc) is 1.99. The number of halogens is 3. The van der Waals surface area contributed by atoms with E-state index in [1.54, 1.807) is 13.8 Å². The van der Waals surface area contributed by atoms with Gasteiger partial charge in [0.15, 0.2) is 0 Å². The van der Waals surface area contributed by atoms with Crippen LogP contribution in [-0.2, 0) is 9.47 Å². The zero-order valence-corrected chi connectivity index (χ0v) is 9.80. The Morgan fingerprint density at radius 3 is 2.12 bits per heavy atom. The lowest BCUT2D eigenvalue weighted by Crippen LogP contribution is -2.33. The number of aliphatic hydroxyl groups is 1. The SMILES string of the molecule is COCC(C)(COCC(F)(F)F)CC(C)O. The van der Waals surface area contributed by atoms with Gasteiger partial charge in [-0.05, 0) is 13.3 Å². The van der Waals surface area contributed by atoms with Crippen molar-refractivity contribution >= 4 is 0 Å². The summed E-state index contributed by atoms with van der Waals surface area (Å²) in [5.41, 5.74) is -0.603. The molecule has 3 nitrogen and oxygen atoms in total. The highest BCUT2D eigenvalue weighted by Crippen LogP contribution is 2.25. The predicted molar refractivity (Wildman–Crippen MR) is 53.2 cm³/mol. The van der Waals surface area contributed by atoms with Crippen molar-refractivity contribution < 1.29 is 27.8 Å². The third kappa shape index (κ3) is 7.90. The van der Waals surface area contributed by atoms with E-state index in [0.717, 1.165) is 0 Å². The molecule has 0 saturated heterocycles. The maximum atomic E-state index is 11.9. The first-order chi connectivity index (χ1) is 7.18. The fraction of sp³-hybridized carbons (Fsp3) is 1.00. The van der Waals surface area contributed by atoms with E-state index in [-0.39, 0.29) is 13.2 Å². The van der Waals surface area contributed by atoms with Gasteiger partial charge in [-0.3, -0.25) is 0 Å². The highest BCUT2D eigenvalue weighted by Gasteiger charge is 2.31. The molecule has 0 radical (unpaired) electrons. The number of hydrogen-bond acceptors (Lipinski definition) is 3. The molecule has 0 aliphatic rings. The summed E-state index contributed by atoms with van der Waals surface area (Å²) in [5, 5.41) is 9.24. The molecule has 2 unspecified atom stereocenters. The normalized spacial score (nSPS) is 18.2. The molecule has 0 bridgehead atoms. The molecule has 98 valence electrons. The lowest BCUT2D eigenvalue weighted by Gasteiger charge is -2.29. The lowest BCUT2D eigenvalue weighted by atomic mass is 9.86. The largest absolute Gasteiger partial charge is 0.411 e. The minimum Gasteiger partial charge on any atom is -0.393 e. The van der Waals surface area contributed by atoms with Crippen LogP contribution >= 0.6 is 0 Å². The smallest absolute Gasteiger partial charge is 0.393 e. The van der Waals surface area contributed by atoms with E-state index < -0.39 is 24.3 Å². The van der Waals surface area contributed by atoms with Gasteiger partial charge in [0.05, 0.1) is 19.3 Å². The molecule has 0 rings (SSSR count). The van der Waals surface area contributed by atoms with Crippen molar-refractivity contribution in [3.8, 4) is 0 Å². The van der Waals surface area contributed by atoms with Gasteiger partial charge < -0.3 is 14.6 Å². The zero-order valence-electron chi connectivity index (χ0n) is 9.80. The Bertz CT molecular complexity index is 194. The van der Waals surface area contributed by atoms with Crippen molar-refractivity contribution in [1.29, 1.82) is 0 Å².